The summed E-state index contributed by atoms with van der Waals surface area (Å²) in [6, 6.07) is 5.71. The molecule has 1 saturated heterocycles. The second-order valence-electron chi connectivity index (χ2n) is 4.59. The van der Waals surface area contributed by atoms with Crippen molar-refractivity contribution in [2.24, 2.45) is 0 Å². The van der Waals surface area contributed by atoms with Gasteiger partial charge < -0.3 is 0 Å². The van der Waals surface area contributed by atoms with Crippen molar-refractivity contribution in [3.63, 3.8) is 0 Å². The largest absolute Gasteiger partial charge is 0.273 e. The fourth-order valence-corrected chi connectivity index (χ4v) is 3.46. The summed E-state index contributed by atoms with van der Waals surface area (Å²) in [5.74, 6) is -0.320. The zero-order valence-electron chi connectivity index (χ0n) is 11.2. The lowest BCUT2D eigenvalue weighted by molar-refractivity contribution is -0.131. The van der Waals surface area contributed by atoms with Gasteiger partial charge in [-0.3, -0.25) is 14.6 Å². The Morgan fingerprint density at radius 3 is 2.65 bits per heavy atom. The lowest BCUT2D eigenvalue weighted by atomic mass is 10.0. The van der Waals surface area contributed by atoms with Gasteiger partial charge in [-0.25, -0.2) is 4.31 Å². The number of pyridine rings is 1. The molecule has 0 spiro atoms. The summed E-state index contributed by atoms with van der Waals surface area (Å²) in [7, 11) is 0. The van der Waals surface area contributed by atoms with E-state index in [1.54, 1.807) is 6.20 Å². The van der Waals surface area contributed by atoms with E-state index in [0.29, 0.717) is 4.20 Å². The SMILES string of the molecule is CCCC(C(=S)SN1C(=O)CCC1=O)c1ccccn1. The van der Waals surface area contributed by atoms with E-state index in [1.165, 1.54) is 4.31 Å². The summed E-state index contributed by atoms with van der Waals surface area (Å²) in [6.07, 6.45) is 4.13. The van der Waals surface area contributed by atoms with E-state index in [0.717, 1.165) is 30.5 Å². The van der Waals surface area contributed by atoms with Gasteiger partial charge in [0.2, 0.25) is 11.8 Å². The molecule has 106 valence electrons. The molecule has 2 rings (SSSR count). The van der Waals surface area contributed by atoms with Gasteiger partial charge in [-0.15, -0.1) is 0 Å². The van der Waals surface area contributed by atoms with Gasteiger partial charge >= 0.3 is 0 Å². The average molecular weight is 308 g/mol. The number of thiocarbonyl (C=S) groups is 1. The Morgan fingerprint density at radius 1 is 1.40 bits per heavy atom. The number of rotatable bonds is 5. The molecule has 1 aliphatic heterocycles. The Labute approximate surface area is 128 Å². The molecule has 0 N–H and O–H groups in total. The van der Waals surface area contributed by atoms with Crippen LogP contribution in [-0.4, -0.2) is 25.3 Å². The van der Waals surface area contributed by atoms with Gasteiger partial charge in [0.05, 0.1) is 4.20 Å². The molecule has 0 aliphatic carbocycles. The molecule has 1 aliphatic rings. The number of aromatic nitrogens is 1. The molecule has 1 aromatic rings. The maximum atomic E-state index is 11.6. The zero-order valence-corrected chi connectivity index (χ0v) is 12.9. The van der Waals surface area contributed by atoms with Crippen LogP contribution in [0.25, 0.3) is 0 Å². The van der Waals surface area contributed by atoms with Gasteiger partial charge in [0, 0.05) is 42.6 Å². The van der Waals surface area contributed by atoms with Crippen molar-refractivity contribution in [1.82, 2.24) is 9.29 Å². The normalized spacial score (nSPS) is 16.6. The minimum absolute atomic E-state index is 0.0117. The quantitative estimate of drug-likeness (QED) is 0.475. The van der Waals surface area contributed by atoms with Crippen molar-refractivity contribution in [3.8, 4) is 0 Å². The van der Waals surface area contributed by atoms with Crippen molar-refractivity contribution in [2.45, 2.75) is 38.5 Å². The highest BCUT2D eigenvalue weighted by Crippen LogP contribution is 2.31. The van der Waals surface area contributed by atoms with E-state index in [4.69, 9.17) is 12.2 Å². The average Bonchev–Trinajstić information content (AvgIpc) is 2.77. The lowest BCUT2D eigenvalue weighted by Gasteiger charge is -2.19. The molecule has 1 atom stereocenters. The Hall–Kier alpha value is -1.27. The molecule has 1 unspecified atom stereocenters. The third-order valence-corrected chi connectivity index (χ3v) is 4.66. The van der Waals surface area contributed by atoms with E-state index >= 15 is 0 Å². The van der Waals surface area contributed by atoms with Gasteiger partial charge in [-0.05, 0) is 18.6 Å². The number of nitrogens with zero attached hydrogens (tertiary/aromatic N) is 2. The van der Waals surface area contributed by atoms with Crippen LogP contribution in [0.5, 0.6) is 0 Å². The first-order valence-corrected chi connectivity index (χ1v) is 7.80. The molecule has 0 aromatic carbocycles. The third-order valence-electron chi connectivity index (χ3n) is 3.09. The van der Waals surface area contributed by atoms with E-state index < -0.39 is 0 Å². The highest BCUT2D eigenvalue weighted by molar-refractivity contribution is 8.22. The Bertz CT molecular complexity index is 503. The first-order chi connectivity index (χ1) is 9.63. The summed E-state index contributed by atoms with van der Waals surface area (Å²) < 4.78 is 1.84. The summed E-state index contributed by atoms with van der Waals surface area (Å²) in [6.45, 7) is 2.08. The Morgan fingerprint density at radius 2 is 2.10 bits per heavy atom. The molecule has 2 heterocycles. The van der Waals surface area contributed by atoms with Gasteiger partial charge in [-0.1, -0.05) is 31.6 Å². The van der Waals surface area contributed by atoms with Crippen LogP contribution in [0.2, 0.25) is 0 Å². The standard InChI is InChI=1S/C14H16N2O2S2/c1-2-5-10(11-6-3-4-9-15-11)14(19)20-16-12(17)7-8-13(16)18/h3-4,6,9-10H,2,5,7-8H2,1H3. The van der Waals surface area contributed by atoms with Gasteiger partial charge in [0.25, 0.3) is 0 Å². The maximum absolute atomic E-state index is 11.6. The van der Waals surface area contributed by atoms with E-state index in [9.17, 15) is 9.59 Å². The molecular formula is C14H16N2O2S2. The van der Waals surface area contributed by atoms with E-state index in [-0.39, 0.29) is 30.6 Å². The monoisotopic (exact) mass is 308 g/mol. The summed E-state index contributed by atoms with van der Waals surface area (Å²) >= 11 is 6.53. The summed E-state index contributed by atoms with van der Waals surface area (Å²) in [4.78, 5) is 27.6. The second-order valence-corrected chi connectivity index (χ2v) is 6.27. The highest BCUT2D eigenvalue weighted by Gasteiger charge is 2.32. The van der Waals surface area contributed by atoms with E-state index in [1.807, 2.05) is 18.2 Å². The molecule has 6 heteroatoms. The first kappa shape index (κ1) is 15.1. The predicted octanol–water partition coefficient (Wildman–Crippen LogP) is 3.09. The number of carbonyl (C=O) groups is 2. The van der Waals surface area contributed by atoms with Crippen LogP contribution in [0.4, 0.5) is 0 Å². The molecule has 0 radical (unpaired) electrons. The maximum Gasteiger partial charge on any atom is 0.240 e. The molecule has 0 bridgehead atoms. The molecular weight excluding hydrogens is 292 g/mol. The molecule has 1 fully saturated rings. The predicted molar refractivity (Wildman–Crippen MR) is 83.2 cm³/mol. The van der Waals surface area contributed by atoms with Crippen molar-refractivity contribution in [2.75, 3.05) is 0 Å². The summed E-state index contributed by atoms with van der Waals surface area (Å²) in [5, 5.41) is 0. The topological polar surface area (TPSA) is 50.3 Å². The first-order valence-electron chi connectivity index (χ1n) is 6.62. The molecule has 0 saturated carbocycles. The van der Waals surface area contributed by atoms with Crippen LogP contribution in [0, 0.1) is 0 Å². The van der Waals surface area contributed by atoms with E-state index in [2.05, 4.69) is 11.9 Å². The van der Waals surface area contributed by atoms with Crippen LogP contribution in [-0.2, 0) is 9.59 Å². The molecule has 4 nitrogen and oxygen atoms in total. The smallest absolute Gasteiger partial charge is 0.240 e. The van der Waals surface area contributed by atoms with Crippen LogP contribution in [0.3, 0.4) is 0 Å². The van der Waals surface area contributed by atoms with Crippen LogP contribution in [0.15, 0.2) is 24.4 Å². The third kappa shape index (κ3) is 3.43. The fraction of sp³-hybridized carbons (Fsp3) is 0.429. The van der Waals surface area contributed by atoms with Crippen LogP contribution >= 0.6 is 24.2 Å². The minimum Gasteiger partial charge on any atom is -0.273 e. The van der Waals surface area contributed by atoms with Crippen molar-refractivity contribution < 1.29 is 9.59 Å². The van der Waals surface area contributed by atoms with Crippen molar-refractivity contribution in [1.29, 1.82) is 0 Å². The van der Waals surface area contributed by atoms with Crippen molar-refractivity contribution >= 4 is 40.2 Å². The highest BCUT2D eigenvalue weighted by atomic mass is 32.2. The fourth-order valence-electron chi connectivity index (χ4n) is 2.07. The lowest BCUT2D eigenvalue weighted by Crippen LogP contribution is -2.25. The number of hydrogen-bond acceptors (Lipinski definition) is 5. The van der Waals surface area contributed by atoms with Crippen LogP contribution < -0.4 is 0 Å². The number of amides is 2. The zero-order chi connectivity index (χ0) is 14.5. The van der Waals surface area contributed by atoms with Gasteiger partial charge in [-0.2, -0.15) is 0 Å². The minimum atomic E-state index is -0.154. The number of imide groups is 1. The molecule has 1 aromatic heterocycles. The number of hydrogen-bond donors (Lipinski definition) is 0. The second kappa shape index (κ2) is 6.95. The van der Waals surface area contributed by atoms with Gasteiger partial charge in [0.1, 0.15) is 0 Å². The van der Waals surface area contributed by atoms with Gasteiger partial charge in [0.15, 0.2) is 0 Å². The van der Waals surface area contributed by atoms with Crippen LogP contribution in [0.1, 0.15) is 44.2 Å². The molecule has 2 amide bonds. The summed E-state index contributed by atoms with van der Waals surface area (Å²) in [5.41, 5.74) is 0.894. The number of carbonyl (C=O) groups excluding carboxylic acids is 2. The van der Waals surface area contributed by atoms with Crippen molar-refractivity contribution in [3.05, 3.63) is 30.1 Å². The Balaban J connectivity index is 2.12. The molecule has 20 heavy (non-hydrogen) atoms. The Kier molecular flexibility index (Phi) is 5.25.